The zero-order valence-corrected chi connectivity index (χ0v) is 21.6. The Morgan fingerprint density at radius 3 is 2.05 bits per heavy atom. The van der Waals surface area contributed by atoms with Crippen LogP contribution < -0.4 is 4.90 Å². The molecule has 2 aromatic heterocycles. The summed E-state index contributed by atoms with van der Waals surface area (Å²) in [6, 6.07) is 28.8. The Morgan fingerprint density at radius 1 is 0.865 bits per heavy atom. The highest BCUT2D eigenvalue weighted by atomic mass is 16.5. The first kappa shape index (κ1) is 24.5. The van der Waals surface area contributed by atoms with E-state index >= 15 is 0 Å². The highest BCUT2D eigenvalue weighted by molar-refractivity contribution is 6.09. The maximum atomic E-state index is 13.1. The maximum Gasteiger partial charge on any atom is 0.374 e. The van der Waals surface area contributed by atoms with Gasteiger partial charge in [-0.1, -0.05) is 92.7 Å². The molecule has 0 unspecified atom stereocenters. The lowest BCUT2D eigenvalue weighted by molar-refractivity contribution is 0.0506. The Hall–Kier alpha value is -4.19. The van der Waals surface area contributed by atoms with Crippen LogP contribution in [-0.2, 0) is 24.4 Å². The van der Waals surface area contributed by atoms with Crippen LogP contribution in [0.5, 0.6) is 0 Å². The van der Waals surface area contributed by atoms with Crippen molar-refractivity contribution in [3.63, 3.8) is 0 Å². The Balaban J connectivity index is 1.77. The van der Waals surface area contributed by atoms with E-state index in [1.165, 1.54) is 11.1 Å². The van der Waals surface area contributed by atoms with Gasteiger partial charge in [-0.05, 0) is 30.0 Å². The summed E-state index contributed by atoms with van der Waals surface area (Å²) in [5.74, 6) is 0.983. The van der Waals surface area contributed by atoms with E-state index in [0.717, 1.165) is 22.2 Å². The lowest BCUT2D eigenvalue weighted by atomic mass is 10.1. The molecule has 0 bridgehead atoms. The molecule has 0 N–H and O–H groups in total. The van der Waals surface area contributed by atoms with Gasteiger partial charge < -0.3 is 14.2 Å². The first-order valence-electron chi connectivity index (χ1n) is 12.8. The van der Waals surface area contributed by atoms with Crippen molar-refractivity contribution >= 4 is 33.7 Å². The number of imidazole rings is 1. The number of aromatic nitrogens is 3. The summed E-state index contributed by atoms with van der Waals surface area (Å²) < 4.78 is 7.45. The molecule has 2 heterocycles. The van der Waals surface area contributed by atoms with Gasteiger partial charge in [0.15, 0.2) is 5.82 Å². The van der Waals surface area contributed by atoms with E-state index in [9.17, 15) is 4.79 Å². The van der Waals surface area contributed by atoms with E-state index in [4.69, 9.17) is 14.7 Å². The van der Waals surface area contributed by atoms with Crippen molar-refractivity contribution in [1.82, 2.24) is 14.5 Å². The van der Waals surface area contributed by atoms with E-state index in [-0.39, 0.29) is 0 Å². The second-order valence-corrected chi connectivity index (χ2v) is 9.64. The van der Waals surface area contributed by atoms with Crippen molar-refractivity contribution in [2.24, 2.45) is 5.92 Å². The fourth-order valence-corrected chi connectivity index (χ4v) is 4.75. The molecule has 0 radical (unpaired) electrons. The van der Waals surface area contributed by atoms with Crippen LogP contribution in [0.3, 0.4) is 0 Å². The number of benzene rings is 3. The van der Waals surface area contributed by atoms with Crippen LogP contribution >= 0.6 is 0 Å². The minimum atomic E-state index is -0.410. The van der Waals surface area contributed by atoms with Crippen LogP contribution in [0.2, 0.25) is 0 Å². The average Bonchev–Trinajstić information content (AvgIpc) is 3.28. The molecule has 37 heavy (non-hydrogen) atoms. The molecule has 0 saturated heterocycles. The molecule has 0 amide bonds. The molecule has 0 aliphatic rings. The lowest BCUT2D eigenvalue weighted by Gasteiger charge is -2.25. The minimum Gasteiger partial charge on any atom is -0.460 e. The Kier molecular flexibility index (Phi) is 7.17. The summed E-state index contributed by atoms with van der Waals surface area (Å²) in [5.41, 5.74) is 4.86. The minimum absolute atomic E-state index is 0.295. The predicted octanol–water partition coefficient (Wildman–Crippen LogP) is 6.62. The van der Waals surface area contributed by atoms with Gasteiger partial charge in [-0.2, -0.15) is 0 Å². The second kappa shape index (κ2) is 10.8. The van der Waals surface area contributed by atoms with Gasteiger partial charge >= 0.3 is 5.97 Å². The fraction of sp³-hybridized carbons (Fsp3) is 0.258. The zero-order valence-electron chi connectivity index (χ0n) is 21.6. The molecule has 0 saturated carbocycles. The second-order valence-electron chi connectivity index (χ2n) is 9.64. The molecule has 6 nitrogen and oxygen atoms in total. The van der Waals surface area contributed by atoms with Crippen molar-refractivity contribution in [3.8, 4) is 0 Å². The number of carbonyl (C=O) groups excluding carboxylic acids is 1. The molecule has 0 atom stereocenters. The topological polar surface area (TPSA) is 60.2 Å². The van der Waals surface area contributed by atoms with Gasteiger partial charge in [0, 0.05) is 25.0 Å². The van der Waals surface area contributed by atoms with Gasteiger partial charge in [-0.25, -0.2) is 14.8 Å². The summed E-state index contributed by atoms with van der Waals surface area (Å²) in [6.45, 7) is 8.35. The maximum absolute atomic E-state index is 13.1. The number of fused-ring (bicyclic) bond motifs is 3. The number of ether oxygens (including phenoxy) is 1. The molecule has 6 heteroatoms. The first-order chi connectivity index (χ1) is 18.0. The third-order valence-electron chi connectivity index (χ3n) is 6.30. The molecule has 5 aromatic rings. The largest absolute Gasteiger partial charge is 0.460 e. The van der Waals surface area contributed by atoms with Crippen molar-refractivity contribution in [2.45, 2.75) is 40.4 Å². The molecular formula is C31H32N4O2. The Bertz CT molecular complexity index is 1470. The van der Waals surface area contributed by atoms with Crippen LogP contribution in [0.1, 0.15) is 42.5 Å². The summed E-state index contributed by atoms with van der Waals surface area (Å²) in [5, 5.41) is 0.976. The number of hydrogen-bond acceptors (Lipinski definition) is 5. The van der Waals surface area contributed by atoms with Gasteiger partial charge in [0.2, 0.25) is 5.82 Å². The normalized spacial score (nSPS) is 11.4. The van der Waals surface area contributed by atoms with Crippen molar-refractivity contribution in [3.05, 3.63) is 102 Å². The van der Waals surface area contributed by atoms with Crippen LogP contribution in [0.4, 0.5) is 5.82 Å². The predicted molar refractivity (Wildman–Crippen MR) is 149 cm³/mol. The standard InChI is InChI=1S/C31H32N4O2/c1-4-37-31(36)30-33-27-28(35(30)19-22(2)3)25-17-11-12-18-26(25)32-29(27)34(20-23-13-7-5-8-14-23)21-24-15-9-6-10-16-24/h5-18,22H,4,19-21H2,1-3H3. The number of rotatable bonds is 9. The fourth-order valence-electron chi connectivity index (χ4n) is 4.75. The van der Waals surface area contributed by atoms with Crippen molar-refractivity contribution < 1.29 is 9.53 Å². The highest BCUT2D eigenvalue weighted by Gasteiger charge is 2.26. The molecule has 0 fully saturated rings. The lowest BCUT2D eigenvalue weighted by Crippen LogP contribution is -2.23. The molecule has 0 spiro atoms. The van der Waals surface area contributed by atoms with Gasteiger partial charge in [0.05, 0.1) is 17.6 Å². The summed E-state index contributed by atoms with van der Waals surface area (Å²) >= 11 is 0. The molecular weight excluding hydrogens is 460 g/mol. The van der Waals surface area contributed by atoms with E-state index in [0.29, 0.717) is 43.5 Å². The van der Waals surface area contributed by atoms with E-state index < -0.39 is 5.97 Å². The molecule has 0 aliphatic carbocycles. The third kappa shape index (κ3) is 5.19. The number of anilines is 1. The third-order valence-corrected chi connectivity index (χ3v) is 6.30. The quantitative estimate of drug-likeness (QED) is 0.216. The van der Waals surface area contributed by atoms with Gasteiger partial charge in [-0.3, -0.25) is 0 Å². The average molecular weight is 493 g/mol. The van der Waals surface area contributed by atoms with E-state index in [1.54, 1.807) is 0 Å². The SMILES string of the molecule is CCOC(=O)c1nc2c(N(Cc3ccccc3)Cc3ccccc3)nc3ccccc3c2n1CC(C)C. The summed E-state index contributed by atoms with van der Waals surface area (Å²) in [7, 11) is 0. The van der Waals surface area contributed by atoms with Crippen LogP contribution in [0.15, 0.2) is 84.9 Å². The summed E-state index contributed by atoms with van der Waals surface area (Å²) in [6.07, 6.45) is 0. The highest BCUT2D eigenvalue weighted by Crippen LogP contribution is 2.34. The van der Waals surface area contributed by atoms with E-state index in [1.807, 2.05) is 41.8 Å². The molecule has 5 rings (SSSR count). The Labute approximate surface area is 217 Å². The Morgan fingerprint density at radius 2 is 1.46 bits per heavy atom. The number of pyridine rings is 1. The number of para-hydroxylation sites is 1. The number of hydrogen-bond donors (Lipinski definition) is 0. The van der Waals surface area contributed by atoms with Crippen LogP contribution in [-0.4, -0.2) is 27.1 Å². The van der Waals surface area contributed by atoms with Gasteiger partial charge in [0.25, 0.3) is 0 Å². The monoisotopic (exact) mass is 492 g/mol. The smallest absolute Gasteiger partial charge is 0.374 e. The van der Waals surface area contributed by atoms with Crippen molar-refractivity contribution in [2.75, 3.05) is 11.5 Å². The van der Waals surface area contributed by atoms with Crippen LogP contribution in [0, 0.1) is 5.92 Å². The molecule has 0 aliphatic heterocycles. The van der Waals surface area contributed by atoms with E-state index in [2.05, 4.69) is 73.3 Å². The van der Waals surface area contributed by atoms with Gasteiger partial charge in [0.1, 0.15) is 5.52 Å². The van der Waals surface area contributed by atoms with Crippen molar-refractivity contribution in [1.29, 1.82) is 0 Å². The zero-order chi connectivity index (χ0) is 25.8. The molecule has 188 valence electrons. The molecule has 3 aromatic carbocycles. The number of nitrogens with zero attached hydrogens (tertiary/aromatic N) is 4. The van der Waals surface area contributed by atoms with Crippen LogP contribution in [0.25, 0.3) is 21.9 Å². The number of carbonyl (C=O) groups is 1. The number of esters is 1. The first-order valence-corrected chi connectivity index (χ1v) is 12.8. The van der Waals surface area contributed by atoms with Gasteiger partial charge in [-0.15, -0.1) is 0 Å². The summed E-state index contributed by atoms with van der Waals surface area (Å²) in [4.78, 5) is 25.4.